The van der Waals surface area contributed by atoms with Crippen molar-refractivity contribution in [1.82, 2.24) is 20.9 Å². The number of carbonyl (C=O) groups is 3. The fourth-order valence-corrected chi connectivity index (χ4v) is 3.52. The van der Waals surface area contributed by atoms with Crippen LogP contribution in [0.3, 0.4) is 0 Å². The molecule has 0 aliphatic heterocycles. The molecule has 1 unspecified atom stereocenters. The van der Waals surface area contributed by atoms with Gasteiger partial charge in [-0.05, 0) is 55.2 Å². The minimum absolute atomic E-state index is 0.0428. The lowest BCUT2D eigenvalue weighted by molar-refractivity contribution is 0.0943. The summed E-state index contributed by atoms with van der Waals surface area (Å²) in [6.45, 7) is 1.72. The number of nitrogens with one attached hydrogen (secondary N) is 4. The van der Waals surface area contributed by atoms with Gasteiger partial charge in [0.25, 0.3) is 5.91 Å². The van der Waals surface area contributed by atoms with Gasteiger partial charge in [0, 0.05) is 29.5 Å². The van der Waals surface area contributed by atoms with E-state index in [0.29, 0.717) is 18.5 Å². The highest BCUT2D eigenvalue weighted by Crippen LogP contribution is 2.25. The van der Waals surface area contributed by atoms with Crippen LogP contribution in [0.4, 0.5) is 14.0 Å². The Bertz CT molecular complexity index is 1150. The first kappa shape index (κ1) is 23.6. The molecule has 0 bridgehead atoms. The van der Waals surface area contributed by atoms with Crippen LogP contribution in [0.2, 0.25) is 0 Å². The molecule has 3 aromatic rings. The second-order valence-electron chi connectivity index (χ2n) is 7.78. The number of aromatic nitrogens is 1. The number of halogens is 1. The number of rotatable bonds is 9. The van der Waals surface area contributed by atoms with Gasteiger partial charge in [-0.1, -0.05) is 24.3 Å². The van der Waals surface area contributed by atoms with Crippen LogP contribution in [0.25, 0.3) is 22.0 Å². The largest absolute Gasteiger partial charge is 0.465 e. The first-order chi connectivity index (χ1) is 15.7. The average molecular weight is 456 g/mol. The maximum atomic E-state index is 13.2. The number of hydrogen-bond donors (Lipinski definition) is 6. The molecule has 0 radical (unpaired) electrons. The van der Waals surface area contributed by atoms with Gasteiger partial charge in [-0.3, -0.25) is 4.79 Å². The van der Waals surface area contributed by atoms with Crippen molar-refractivity contribution in [3.8, 4) is 11.1 Å². The highest BCUT2D eigenvalue weighted by molar-refractivity contribution is 5.98. The summed E-state index contributed by atoms with van der Waals surface area (Å²) in [6, 6.07) is 12.5. The Balaban J connectivity index is 1.65. The average Bonchev–Trinajstić information content (AvgIpc) is 3.18. The lowest BCUT2D eigenvalue weighted by Crippen LogP contribution is -2.44. The van der Waals surface area contributed by atoms with Gasteiger partial charge in [-0.2, -0.15) is 0 Å². The number of fused-ring (bicyclic) bond motifs is 1. The molecule has 10 heteroatoms. The summed E-state index contributed by atoms with van der Waals surface area (Å²) >= 11 is 0. The molecule has 0 spiro atoms. The van der Waals surface area contributed by atoms with Crippen LogP contribution < -0.4 is 16.0 Å². The molecule has 6 N–H and O–H groups in total. The highest BCUT2D eigenvalue weighted by Gasteiger charge is 2.17. The molecule has 3 rings (SSSR count). The van der Waals surface area contributed by atoms with Gasteiger partial charge in [0.15, 0.2) is 0 Å². The number of carbonyl (C=O) groups excluding carboxylic acids is 1. The minimum atomic E-state index is -1.23. The van der Waals surface area contributed by atoms with E-state index in [2.05, 4.69) is 20.9 Å². The molecule has 2 aromatic carbocycles. The highest BCUT2D eigenvalue weighted by atomic mass is 19.1. The molecule has 0 aliphatic rings. The summed E-state index contributed by atoms with van der Waals surface area (Å²) in [5, 5.41) is 26.0. The van der Waals surface area contributed by atoms with Gasteiger partial charge in [0.2, 0.25) is 0 Å². The van der Waals surface area contributed by atoms with Crippen LogP contribution in [-0.2, 0) is 0 Å². The minimum Gasteiger partial charge on any atom is -0.465 e. The van der Waals surface area contributed by atoms with E-state index in [0.717, 1.165) is 22.0 Å². The topological polar surface area (TPSA) is 144 Å². The molecule has 1 aromatic heterocycles. The Labute approximate surface area is 189 Å². The molecular weight excluding hydrogens is 431 g/mol. The Morgan fingerprint density at radius 1 is 0.939 bits per heavy atom. The van der Waals surface area contributed by atoms with Crippen molar-refractivity contribution in [3.05, 3.63) is 60.0 Å². The summed E-state index contributed by atoms with van der Waals surface area (Å²) in [6.07, 6.45) is -1.65. The third kappa shape index (κ3) is 6.70. The normalized spacial score (nSPS) is 12.7. The van der Waals surface area contributed by atoms with Crippen LogP contribution in [0.1, 0.15) is 30.3 Å². The third-order valence-corrected chi connectivity index (χ3v) is 5.20. The van der Waals surface area contributed by atoms with Gasteiger partial charge in [0.1, 0.15) is 11.5 Å². The molecule has 0 saturated carbocycles. The number of amides is 3. The monoisotopic (exact) mass is 456 g/mol. The summed E-state index contributed by atoms with van der Waals surface area (Å²) in [5.41, 5.74) is 2.76. The van der Waals surface area contributed by atoms with E-state index in [9.17, 15) is 18.8 Å². The standard InChI is InChI=1S/C23H25FN4O5/c1-13(26-22(30)31)2-9-18(27-23(32)33)12-25-21(29)20-11-16-4-3-15(10-19(16)28-20)14-5-7-17(24)8-6-14/h3-8,10-11,13,18,26-28H,2,9,12H2,1H3,(H,25,29)(H,30,31)(H,32,33)/t13?,18-/m0/s1. The summed E-state index contributed by atoms with van der Waals surface area (Å²) in [4.78, 5) is 37.5. The first-order valence-corrected chi connectivity index (χ1v) is 10.4. The van der Waals surface area contributed by atoms with Crippen LogP contribution in [-0.4, -0.2) is 51.9 Å². The predicted octanol–water partition coefficient (Wildman–Crippen LogP) is 3.78. The van der Waals surface area contributed by atoms with E-state index >= 15 is 0 Å². The lowest BCUT2D eigenvalue weighted by Gasteiger charge is -2.19. The van der Waals surface area contributed by atoms with Crippen molar-refractivity contribution in [2.45, 2.75) is 31.8 Å². The van der Waals surface area contributed by atoms with Gasteiger partial charge >= 0.3 is 12.2 Å². The Morgan fingerprint density at radius 3 is 2.27 bits per heavy atom. The zero-order valence-electron chi connectivity index (χ0n) is 17.9. The van der Waals surface area contributed by atoms with Crippen LogP contribution in [0.5, 0.6) is 0 Å². The molecule has 1 heterocycles. The van der Waals surface area contributed by atoms with E-state index in [1.54, 1.807) is 25.1 Å². The van der Waals surface area contributed by atoms with E-state index in [4.69, 9.17) is 10.2 Å². The fourth-order valence-electron chi connectivity index (χ4n) is 3.52. The van der Waals surface area contributed by atoms with Crippen molar-refractivity contribution < 1.29 is 29.0 Å². The molecule has 174 valence electrons. The van der Waals surface area contributed by atoms with Crippen LogP contribution in [0.15, 0.2) is 48.5 Å². The number of carboxylic acid groups (broad SMARTS) is 2. The molecule has 0 aliphatic carbocycles. The van der Waals surface area contributed by atoms with Crippen LogP contribution in [0, 0.1) is 5.82 Å². The molecule has 2 atom stereocenters. The smallest absolute Gasteiger partial charge is 0.404 e. The van der Waals surface area contributed by atoms with Gasteiger partial charge in [-0.25, -0.2) is 14.0 Å². The Hall–Kier alpha value is -4.08. The number of benzene rings is 2. The zero-order chi connectivity index (χ0) is 24.0. The van der Waals surface area contributed by atoms with Gasteiger partial charge < -0.3 is 31.1 Å². The van der Waals surface area contributed by atoms with Crippen molar-refractivity contribution in [2.24, 2.45) is 0 Å². The summed E-state index contributed by atoms with van der Waals surface area (Å²) < 4.78 is 13.2. The zero-order valence-corrected chi connectivity index (χ0v) is 17.9. The maximum absolute atomic E-state index is 13.2. The quantitative estimate of drug-likeness (QED) is 0.290. The van der Waals surface area contributed by atoms with Gasteiger partial charge in [0.05, 0.1) is 0 Å². The third-order valence-electron chi connectivity index (χ3n) is 5.20. The SMILES string of the molecule is CC(CC[C@@H](CNC(=O)c1cc2ccc(-c3ccc(F)cc3)cc2[nH]1)NC(=O)O)NC(=O)O. The molecule has 0 saturated heterocycles. The molecular formula is C23H25FN4O5. The first-order valence-electron chi connectivity index (χ1n) is 10.4. The van der Waals surface area contributed by atoms with Gasteiger partial charge in [-0.15, -0.1) is 0 Å². The Morgan fingerprint density at radius 2 is 1.61 bits per heavy atom. The molecule has 33 heavy (non-hydrogen) atoms. The Kier molecular flexibility index (Phi) is 7.50. The second kappa shape index (κ2) is 10.5. The summed E-state index contributed by atoms with van der Waals surface area (Å²) in [5.74, 6) is -0.717. The second-order valence-corrected chi connectivity index (χ2v) is 7.78. The van der Waals surface area contributed by atoms with E-state index in [1.807, 2.05) is 18.2 Å². The maximum Gasteiger partial charge on any atom is 0.404 e. The lowest BCUT2D eigenvalue weighted by atomic mass is 10.0. The molecule has 9 nitrogen and oxygen atoms in total. The number of hydrogen-bond acceptors (Lipinski definition) is 3. The van der Waals surface area contributed by atoms with E-state index in [1.165, 1.54) is 12.1 Å². The van der Waals surface area contributed by atoms with Crippen molar-refractivity contribution in [3.63, 3.8) is 0 Å². The van der Waals surface area contributed by atoms with Crippen molar-refractivity contribution in [1.29, 1.82) is 0 Å². The van der Waals surface area contributed by atoms with Crippen LogP contribution >= 0.6 is 0 Å². The molecule has 3 amide bonds. The summed E-state index contributed by atoms with van der Waals surface area (Å²) in [7, 11) is 0. The predicted molar refractivity (Wildman–Crippen MR) is 121 cm³/mol. The van der Waals surface area contributed by atoms with Crippen molar-refractivity contribution >= 4 is 29.0 Å². The molecule has 0 fully saturated rings. The number of H-pyrrole nitrogens is 1. The van der Waals surface area contributed by atoms with E-state index in [-0.39, 0.29) is 18.4 Å². The fraction of sp³-hybridized carbons (Fsp3) is 0.261. The number of aromatic amines is 1. The van der Waals surface area contributed by atoms with Crippen molar-refractivity contribution in [2.75, 3.05) is 6.54 Å². The van der Waals surface area contributed by atoms with E-state index < -0.39 is 24.1 Å².